The zero-order valence-corrected chi connectivity index (χ0v) is 19.2. The van der Waals surface area contributed by atoms with Crippen LogP contribution in [0, 0.1) is 0 Å². The number of hydrogen-bond donors (Lipinski definition) is 1. The Kier molecular flexibility index (Phi) is 7.82. The molecule has 0 spiro atoms. The average molecular weight is 487 g/mol. The van der Waals surface area contributed by atoms with Gasteiger partial charge >= 0.3 is 0 Å². The van der Waals surface area contributed by atoms with E-state index in [9.17, 15) is 4.79 Å². The first-order chi connectivity index (χ1) is 14.4. The number of nitrogens with one attached hydrogen (secondary N) is 1. The van der Waals surface area contributed by atoms with Gasteiger partial charge < -0.3 is 14.6 Å². The maximum Gasteiger partial charge on any atom is 0.234 e. The monoisotopic (exact) mass is 485 g/mol. The second kappa shape index (κ2) is 10.3. The van der Waals surface area contributed by atoms with Crippen molar-refractivity contribution < 1.29 is 9.53 Å². The summed E-state index contributed by atoms with van der Waals surface area (Å²) >= 11 is 19.4. The predicted octanol–water partition coefficient (Wildman–Crippen LogP) is 5.52. The first-order valence-corrected chi connectivity index (χ1v) is 11.1. The molecular weight excluding hydrogens is 469 g/mol. The summed E-state index contributed by atoms with van der Waals surface area (Å²) in [7, 11) is 0. The fraction of sp³-hybridized carbons (Fsp3) is 0.263. The number of pyridine rings is 1. The molecule has 1 aromatic carbocycles. The summed E-state index contributed by atoms with van der Waals surface area (Å²) in [6, 6.07) is 8.41. The molecule has 11 heteroatoms. The summed E-state index contributed by atoms with van der Waals surface area (Å²) in [4.78, 5) is 16.2. The molecule has 0 radical (unpaired) electrons. The summed E-state index contributed by atoms with van der Waals surface area (Å²) < 4.78 is 7.83. The molecule has 1 unspecified atom stereocenters. The van der Waals surface area contributed by atoms with Crippen LogP contribution in [0.4, 0.5) is 5.69 Å². The van der Waals surface area contributed by atoms with Gasteiger partial charge in [-0.3, -0.25) is 4.79 Å². The van der Waals surface area contributed by atoms with Gasteiger partial charge in [-0.05, 0) is 44.2 Å². The van der Waals surface area contributed by atoms with Crippen LogP contribution in [0.5, 0.6) is 5.75 Å². The smallest absolute Gasteiger partial charge is 0.234 e. The van der Waals surface area contributed by atoms with Gasteiger partial charge in [-0.15, -0.1) is 10.2 Å². The maximum atomic E-state index is 12.3. The molecular formula is C19H18Cl3N5O2S. The lowest BCUT2D eigenvalue weighted by Gasteiger charge is -2.16. The molecule has 0 aliphatic heterocycles. The summed E-state index contributed by atoms with van der Waals surface area (Å²) in [5.74, 6) is 1.05. The first-order valence-electron chi connectivity index (χ1n) is 8.97. The molecule has 1 atom stereocenters. The number of nitrogens with zero attached hydrogens (tertiary/aromatic N) is 4. The second-order valence-corrected chi connectivity index (χ2v) is 8.24. The van der Waals surface area contributed by atoms with Crippen molar-refractivity contribution in [1.82, 2.24) is 19.7 Å². The molecule has 3 rings (SSSR count). The third-order valence-electron chi connectivity index (χ3n) is 3.99. The quantitative estimate of drug-likeness (QED) is 0.333. The minimum absolute atomic E-state index is 0.140. The Morgan fingerprint density at radius 2 is 2.07 bits per heavy atom. The molecule has 1 amide bonds. The third kappa shape index (κ3) is 5.57. The van der Waals surface area contributed by atoms with Gasteiger partial charge in [0, 0.05) is 17.8 Å². The van der Waals surface area contributed by atoms with E-state index in [2.05, 4.69) is 20.5 Å². The van der Waals surface area contributed by atoms with Crippen LogP contribution in [0.2, 0.25) is 15.2 Å². The van der Waals surface area contributed by atoms with Gasteiger partial charge in [-0.2, -0.15) is 0 Å². The Morgan fingerprint density at radius 1 is 1.27 bits per heavy atom. The van der Waals surface area contributed by atoms with Gasteiger partial charge in [0.1, 0.15) is 5.75 Å². The largest absolute Gasteiger partial charge is 0.481 e. The number of amides is 1. The second-order valence-electron chi connectivity index (χ2n) is 6.10. The number of hydrogen-bond acceptors (Lipinski definition) is 6. The van der Waals surface area contributed by atoms with Crippen LogP contribution in [0.3, 0.4) is 0 Å². The van der Waals surface area contributed by atoms with Crippen LogP contribution >= 0.6 is 46.6 Å². The van der Waals surface area contributed by atoms with Crippen molar-refractivity contribution in [2.75, 3.05) is 11.1 Å². The van der Waals surface area contributed by atoms with E-state index >= 15 is 0 Å². The lowest BCUT2D eigenvalue weighted by atomic mass is 10.3. The van der Waals surface area contributed by atoms with Gasteiger partial charge in [0.05, 0.1) is 16.5 Å². The minimum Gasteiger partial charge on any atom is -0.481 e. The molecule has 0 aliphatic carbocycles. The van der Waals surface area contributed by atoms with E-state index < -0.39 is 6.10 Å². The number of ether oxygens (including phenoxy) is 1. The molecule has 3 aromatic rings. The Morgan fingerprint density at radius 3 is 2.77 bits per heavy atom. The first kappa shape index (κ1) is 22.7. The Labute approximate surface area is 193 Å². The lowest BCUT2D eigenvalue weighted by molar-refractivity contribution is -0.113. The van der Waals surface area contributed by atoms with Crippen LogP contribution in [0.1, 0.15) is 25.8 Å². The van der Waals surface area contributed by atoms with Crippen LogP contribution in [-0.4, -0.2) is 31.4 Å². The van der Waals surface area contributed by atoms with Crippen LogP contribution < -0.4 is 10.1 Å². The van der Waals surface area contributed by atoms with Gasteiger partial charge in [-0.25, -0.2) is 4.98 Å². The molecule has 7 nitrogen and oxygen atoms in total. The SMILES string of the molecule is CCn1c(SCC(=O)Nc2cccnc2Cl)nnc1C(C)Oc1ccc(Cl)cc1Cl. The van der Waals surface area contributed by atoms with Crippen LogP contribution in [-0.2, 0) is 11.3 Å². The number of carbonyl (C=O) groups is 1. The van der Waals surface area contributed by atoms with Gasteiger partial charge in [0.25, 0.3) is 0 Å². The molecule has 1 N–H and O–H groups in total. The number of thioether (sulfide) groups is 1. The van der Waals surface area contributed by atoms with Crippen molar-refractivity contribution in [3.8, 4) is 5.75 Å². The Balaban J connectivity index is 1.66. The number of carbonyl (C=O) groups excluding carboxylic acids is 1. The predicted molar refractivity (Wildman–Crippen MR) is 120 cm³/mol. The van der Waals surface area contributed by atoms with E-state index in [1.165, 1.54) is 11.8 Å². The van der Waals surface area contributed by atoms with Gasteiger partial charge in [0.2, 0.25) is 5.91 Å². The van der Waals surface area contributed by atoms with Gasteiger partial charge in [-0.1, -0.05) is 46.6 Å². The highest BCUT2D eigenvalue weighted by atomic mass is 35.5. The lowest BCUT2D eigenvalue weighted by Crippen LogP contribution is -2.16. The maximum absolute atomic E-state index is 12.3. The summed E-state index contributed by atoms with van der Waals surface area (Å²) in [5.41, 5.74) is 0.462. The van der Waals surface area contributed by atoms with E-state index in [0.29, 0.717) is 39.0 Å². The number of benzene rings is 1. The molecule has 0 bridgehead atoms. The van der Waals surface area contributed by atoms with Gasteiger partial charge in [0.15, 0.2) is 22.2 Å². The molecule has 30 heavy (non-hydrogen) atoms. The normalized spacial score (nSPS) is 11.9. The zero-order valence-electron chi connectivity index (χ0n) is 16.1. The van der Waals surface area contributed by atoms with E-state index in [-0.39, 0.29) is 16.8 Å². The summed E-state index contributed by atoms with van der Waals surface area (Å²) in [6.45, 7) is 4.43. The molecule has 0 fully saturated rings. The highest BCUT2D eigenvalue weighted by Crippen LogP contribution is 2.31. The van der Waals surface area contributed by atoms with Crippen LogP contribution in [0.25, 0.3) is 0 Å². The molecule has 158 valence electrons. The number of rotatable bonds is 8. The highest BCUT2D eigenvalue weighted by molar-refractivity contribution is 7.99. The van der Waals surface area contributed by atoms with Crippen LogP contribution in [0.15, 0.2) is 41.7 Å². The molecule has 0 saturated carbocycles. The van der Waals surface area contributed by atoms with Crippen molar-refractivity contribution in [2.45, 2.75) is 31.7 Å². The van der Waals surface area contributed by atoms with Crippen molar-refractivity contribution in [3.05, 3.63) is 57.6 Å². The Hall–Kier alpha value is -2.00. The standard InChI is InChI=1S/C19H18Cl3N5O2S/c1-3-27-18(11(2)29-15-7-6-12(20)9-13(15)21)25-26-19(27)30-10-16(28)24-14-5-4-8-23-17(14)22/h4-9,11H,3,10H2,1-2H3,(H,24,28). The molecule has 2 aromatic heterocycles. The zero-order chi connectivity index (χ0) is 21.7. The summed E-state index contributed by atoms with van der Waals surface area (Å²) in [6.07, 6.45) is 1.15. The average Bonchev–Trinajstić information content (AvgIpc) is 3.13. The van der Waals surface area contributed by atoms with Crippen molar-refractivity contribution >= 4 is 58.2 Å². The third-order valence-corrected chi connectivity index (χ3v) is 5.79. The van der Waals surface area contributed by atoms with Crippen molar-refractivity contribution in [1.29, 1.82) is 0 Å². The van der Waals surface area contributed by atoms with Crippen molar-refractivity contribution in [3.63, 3.8) is 0 Å². The fourth-order valence-electron chi connectivity index (χ4n) is 2.61. The van der Waals surface area contributed by atoms with E-state index in [0.717, 1.165) is 0 Å². The molecule has 0 aliphatic rings. The van der Waals surface area contributed by atoms with E-state index in [4.69, 9.17) is 39.5 Å². The number of anilines is 1. The molecule has 0 saturated heterocycles. The topological polar surface area (TPSA) is 81.9 Å². The fourth-order valence-corrected chi connectivity index (χ4v) is 4.04. The molecule has 2 heterocycles. The minimum atomic E-state index is -0.409. The summed E-state index contributed by atoms with van der Waals surface area (Å²) in [5, 5.41) is 13.0. The van der Waals surface area contributed by atoms with Crippen molar-refractivity contribution in [2.24, 2.45) is 0 Å². The van der Waals surface area contributed by atoms with E-state index in [1.807, 2.05) is 18.4 Å². The Bertz CT molecular complexity index is 1050. The highest BCUT2D eigenvalue weighted by Gasteiger charge is 2.20. The number of halogens is 3. The number of aromatic nitrogens is 4. The van der Waals surface area contributed by atoms with E-state index in [1.54, 1.807) is 36.5 Å².